The molecule has 1 N–H and O–H groups in total. The van der Waals surface area contributed by atoms with Crippen LogP contribution in [0.4, 0.5) is 9.59 Å². The number of urea groups is 2. The molecular weight excluding hydrogens is 282 g/mol. The van der Waals surface area contributed by atoms with E-state index in [0.717, 1.165) is 28.9 Å². The summed E-state index contributed by atoms with van der Waals surface area (Å²) >= 11 is 0. The second-order valence-electron chi connectivity index (χ2n) is 5.75. The van der Waals surface area contributed by atoms with Crippen molar-refractivity contribution in [1.82, 2.24) is 15.1 Å². The molecule has 1 unspecified atom stereocenters. The molecule has 2 aliphatic heterocycles. The lowest BCUT2D eigenvalue weighted by Crippen LogP contribution is -2.44. The molecule has 0 saturated carbocycles. The number of piperidine rings is 1. The van der Waals surface area contributed by atoms with Crippen molar-refractivity contribution in [2.24, 2.45) is 0 Å². The Hall–Kier alpha value is -2.37. The number of nitrogens with zero attached hydrogens (tertiary/aromatic N) is 2. The van der Waals surface area contributed by atoms with Crippen molar-refractivity contribution in [2.75, 3.05) is 6.54 Å². The molecule has 0 aromatic heterocycles. The van der Waals surface area contributed by atoms with Gasteiger partial charge >= 0.3 is 12.1 Å². The summed E-state index contributed by atoms with van der Waals surface area (Å²) in [5.41, 5.74) is 2.02. The Balaban J connectivity index is 1.68. The van der Waals surface area contributed by atoms with Crippen LogP contribution in [0.1, 0.15) is 30.4 Å². The van der Waals surface area contributed by atoms with Gasteiger partial charge in [0.1, 0.15) is 6.04 Å². The number of rotatable bonds is 2. The maximum atomic E-state index is 12.3. The minimum absolute atomic E-state index is 0.299. The molecular formula is C16H19N3O3. The number of hydrogen-bond donors (Lipinski definition) is 1. The van der Waals surface area contributed by atoms with E-state index in [2.05, 4.69) is 5.32 Å². The zero-order valence-corrected chi connectivity index (χ0v) is 12.5. The number of aryl methyl sites for hydroxylation is 1. The van der Waals surface area contributed by atoms with Crippen LogP contribution in [0.15, 0.2) is 24.3 Å². The van der Waals surface area contributed by atoms with Crippen molar-refractivity contribution in [3.05, 3.63) is 35.4 Å². The summed E-state index contributed by atoms with van der Waals surface area (Å²) in [6, 6.07) is 6.10. The fraction of sp³-hybridized carbons (Fsp3) is 0.438. The molecule has 116 valence electrons. The highest BCUT2D eigenvalue weighted by Crippen LogP contribution is 2.26. The van der Waals surface area contributed by atoms with Crippen LogP contribution in [0.25, 0.3) is 0 Å². The molecule has 6 heteroatoms. The maximum Gasteiger partial charge on any atom is 0.335 e. The second-order valence-corrected chi connectivity index (χ2v) is 5.75. The Bertz CT molecular complexity index is 605. The van der Waals surface area contributed by atoms with Crippen LogP contribution in [0, 0.1) is 6.92 Å². The van der Waals surface area contributed by atoms with Gasteiger partial charge in [-0.2, -0.15) is 4.90 Å². The summed E-state index contributed by atoms with van der Waals surface area (Å²) in [7, 11) is 0. The van der Waals surface area contributed by atoms with Gasteiger partial charge in [-0.3, -0.25) is 4.79 Å². The first-order chi connectivity index (χ1) is 10.6. The Kier molecular flexibility index (Phi) is 3.83. The lowest BCUT2D eigenvalue weighted by atomic mass is 10.0. The lowest BCUT2D eigenvalue weighted by Gasteiger charge is -2.25. The molecule has 0 bridgehead atoms. The summed E-state index contributed by atoms with van der Waals surface area (Å²) in [6.07, 6.45) is 2.44. The zero-order chi connectivity index (χ0) is 15.7. The molecule has 0 aliphatic carbocycles. The van der Waals surface area contributed by atoms with Gasteiger partial charge in [-0.25, -0.2) is 9.59 Å². The van der Waals surface area contributed by atoms with Crippen LogP contribution in [-0.2, 0) is 11.3 Å². The zero-order valence-electron chi connectivity index (χ0n) is 12.5. The number of carbonyl (C=O) groups excluding carboxylic acids is 3. The standard InChI is InChI=1S/C16H19N3O3/c1-11-6-2-3-7-12(11)10-17-15(21)19-14(20)13-8-4-5-9-18(13)16(19)22/h2-3,6-7,13H,4-5,8-10H2,1H3,(H,17,21). The largest absolute Gasteiger partial charge is 0.335 e. The fourth-order valence-electron chi connectivity index (χ4n) is 3.03. The summed E-state index contributed by atoms with van der Waals surface area (Å²) in [5.74, 6) is -0.396. The predicted molar refractivity (Wildman–Crippen MR) is 80.0 cm³/mol. The molecule has 0 radical (unpaired) electrons. The fourth-order valence-corrected chi connectivity index (χ4v) is 3.03. The predicted octanol–water partition coefficient (Wildman–Crippen LogP) is 2.02. The van der Waals surface area contributed by atoms with Gasteiger partial charge in [0.2, 0.25) is 0 Å². The molecule has 1 aromatic carbocycles. The molecule has 2 aliphatic rings. The molecule has 6 nitrogen and oxygen atoms in total. The summed E-state index contributed by atoms with van der Waals surface area (Å²) in [4.78, 5) is 39.0. The average molecular weight is 301 g/mol. The number of imide groups is 3. The Morgan fingerprint density at radius 3 is 2.77 bits per heavy atom. The van der Waals surface area contributed by atoms with E-state index in [4.69, 9.17) is 0 Å². The molecule has 2 saturated heterocycles. The molecule has 3 rings (SSSR count). The summed E-state index contributed by atoms with van der Waals surface area (Å²) in [5, 5.41) is 2.67. The molecule has 2 heterocycles. The van der Waals surface area contributed by atoms with Gasteiger partial charge in [-0.15, -0.1) is 0 Å². The molecule has 2 fully saturated rings. The third kappa shape index (κ3) is 2.45. The van der Waals surface area contributed by atoms with Crippen LogP contribution in [-0.4, -0.2) is 40.4 Å². The van der Waals surface area contributed by atoms with Crippen LogP contribution in [0.5, 0.6) is 0 Å². The normalized spacial score (nSPS) is 21.0. The minimum atomic E-state index is -0.632. The summed E-state index contributed by atoms with van der Waals surface area (Å²) in [6.45, 7) is 2.80. The molecule has 22 heavy (non-hydrogen) atoms. The van der Waals surface area contributed by atoms with E-state index in [1.54, 1.807) is 0 Å². The van der Waals surface area contributed by atoms with Crippen molar-refractivity contribution < 1.29 is 14.4 Å². The number of carbonyl (C=O) groups is 3. The van der Waals surface area contributed by atoms with Crippen molar-refractivity contribution in [3.63, 3.8) is 0 Å². The van der Waals surface area contributed by atoms with Crippen LogP contribution in [0.2, 0.25) is 0 Å². The van der Waals surface area contributed by atoms with E-state index in [1.165, 1.54) is 4.90 Å². The smallest absolute Gasteiger partial charge is 0.333 e. The van der Waals surface area contributed by atoms with Crippen LogP contribution >= 0.6 is 0 Å². The first-order valence-corrected chi connectivity index (χ1v) is 7.56. The van der Waals surface area contributed by atoms with Gasteiger partial charge in [-0.1, -0.05) is 24.3 Å². The third-order valence-corrected chi connectivity index (χ3v) is 4.34. The molecule has 1 atom stereocenters. The van der Waals surface area contributed by atoms with E-state index in [-0.39, 0.29) is 0 Å². The number of amides is 5. The van der Waals surface area contributed by atoms with Gasteiger partial charge in [0, 0.05) is 13.1 Å². The SMILES string of the molecule is Cc1ccccc1CNC(=O)N1C(=O)C2CCCCN2C1=O. The molecule has 1 aromatic rings. The van der Waals surface area contributed by atoms with Crippen molar-refractivity contribution >= 4 is 18.0 Å². The highest BCUT2D eigenvalue weighted by Gasteiger charge is 2.48. The number of fused-ring (bicyclic) bond motifs is 1. The van der Waals surface area contributed by atoms with Crippen molar-refractivity contribution in [2.45, 2.75) is 38.8 Å². The summed E-state index contributed by atoms with van der Waals surface area (Å²) < 4.78 is 0. The minimum Gasteiger partial charge on any atom is -0.333 e. The number of nitrogens with one attached hydrogen (secondary N) is 1. The van der Waals surface area contributed by atoms with Gasteiger partial charge in [0.15, 0.2) is 0 Å². The van der Waals surface area contributed by atoms with Gasteiger partial charge in [0.25, 0.3) is 5.91 Å². The number of benzene rings is 1. The van der Waals surface area contributed by atoms with E-state index >= 15 is 0 Å². The van der Waals surface area contributed by atoms with Gasteiger partial charge < -0.3 is 10.2 Å². The second kappa shape index (κ2) is 5.79. The quantitative estimate of drug-likeness (QED) is 0.850. The monoisotopic (exact) mass is 301 g/mol. The lowest BCUT2D eigenvalue weighted by molar-refractivity contribution is -0.126. The van der Waals surface area contributed by atoms with E-state index in [9.17, 15) is 14.4 Å². The molecule has 5 amide bonds. The van der Waals surface area contributed by atoms with Crippen LogP contribution in [0.3, 0.4) is 0 Å². The molecule has 0 spiro atoms. The Labute approximate surface area is 129 Å². The van der Waals surface area contributed by atoms with E-state index < -0.39 is 24.0 Å². The van der Waals surface area contributed by atoms with Gasteiger partial charge in [0.05, 0.1) is 0 Å². The number of hydrogen-bond acceptors (Lipinski definition) is 3. The Morgan fingerprint density at radius 2 is 2.05 bits per heavy atom. The first kappa shape index (κ1) is 14.6. The van der Waals surface area contributed by atoms with Crippen molar-refractivity contribution in [3.8, 4) is 0 Å². The van der Waals surface area contributed by atoms with Crippen LogP contribution < -0.4 is 5.32 Å². The average Bonchev–Trinajstić information content (AvgIpc) is 2.78. The topological polar surface area (TPSA) is 69.7 Å². The third-order valence-electron chi connectivity index (χ3n) is 4.34. The van der Waals surface area contributed by atoms with Crippen molar-refractivity contribution in [1.29, 1.82) is 0 Å². The van der Waals surface area contributed by atoms with E-state index in [0.29, 0.717) is 19.5 Å². The maximum absolute atomic E-state index is 12.3. The first-order valence-electron chi connectivity index (χ1n) is 7.56. The van der Waals surface area contributed by atoms with Gasteiger partial charge in [-0.05, 0) is 37.3 Å². The van der Waals surface area contributed by atoms with E-state index in [1.807, 2.05) is 31.2 Å². The Morgan fingerprint density at radius 1 is 1.27 bits per heavy atom. The highest BCUT2D eigenvalue weighted by molar-refractivity contribution is 6.16. The highest BCUT2D eigenvalue weighted by atomic mass is 16.2.